The van der Waals surface area contributed by atoms with E-state index in [1.807, 2.05) is 24.5 Å². The second-order valence-electron chi connectivity index (χ2n) is 15.1. The highest BCUT2D eigenvalue weighted by Gasteiger charge is 2.18. The fourth-order valence-corrected chi connectivity index (χ4v) is 8.96. The van der Waals surface area contributed by atoms with E-state index in [1.54, 1.807) is 0 Å². The highest BCUT2D eigenvalue weighted by Crippen LogP contribution is 2.40. The third kappa shape index (κ3) is 5.18. The average Bonchev–Trinajstić information content (AvgIpc) is 3.95. The molecule has 4 heterocycles. The van der Waals surface area contributed by atoms with E-state index >= 15 is 0 Å². The maximum Gasteiger partial charge on any atom is 0.135 e. The molecule has 0 spiro atoms. The molecule has 0 amide bonds. The van der Waals surface area contributed by atoms with Crippen molar-refractivity contribution in [1.82, 2.24) is 9.55 Å². The first-order valence-electron chi connectivity index (χ1n) is 19.6. The molecule has 12 rings (SSSR count). The number of hydrogen-bond acceptors (Lipinski definition) is 3. The van der Waals surface area contributed by atoms with Gasteiger partial charge in [0.1, 0.15) is 22.5 Å². The molecule has 0 atom stereocenters. The monoisotopic (exact) mass is 730 g/mol. The zero-order chi connectivity index (χ0) is 37.5. The largest absolute Gasteiger partial charge is 0.460 e. The zero-order valence-corrected chi connectivity index (χ0v) is 30.9. The van der Waals surface area contributed by atoms with Crippen molar-refractivity contribution in [3.8, 4) is 50.2 Å². The van der Waals surface area contributed by atoms with Gasteiger partial charge < -0.3 is 13.4 Å². The van der Waals surface area contributed by atoms with Gasteiger partial charge in [0.2, 0.25) is 0 Å². The molecule has 268 valence electrons. The summed E-state index contributed by atoms with van der Waals surface area (Å²) in [6.07, 6.45) is 10.3. The summed E-state index contributed by atoms with van der Waals surface area (Å²) in [5, 5.41) is 5.82. The second-order valence-corrected chi connectivity index (χ2v) is 15.1. The van der Waals surface area contributed by atoms with E-state index in [2.05, 4.69) is 167 Å². The molecule has 0 bridgehead atoms. The van der Waals surface area contributed by atoms with Crippen molar-refractivity contribution in [3.63, 3.8) is 0 Å². The Morgan fingerprint density at radius 3 is 1.81 bits per heavy atom. The molecule has 0 saturated heterocycles. The predicted octanol–water partition coefficient (Wildman–Crippen LogP) is 14.5. The van der Waals surface area contributed by atoms with Crippen LogP contribution in [0.5, 0.6) is 0 Å². The van der Waals surface area contributed by atoms with E-state index in [0.717, 1.165) is 96.2 Å². The van der Waals surface area contributed by atoms with E-state index in [1.165, 1.54) is 32.8 Å². The summed E-state index contributed by atoms with van der Waals surface area (Å²) < 4.78 is 14.8. The molecule has 7 aromatic carbocycles. The lowest BCUT2D eigenvalue weighted by Gasteiger charge is -2.15. The summed E-state index contributed by atoms with van der Waals surface area (Å²) in [6, 6.07) is 56.9. The topological polar surface area (TPSA) is 44.1 Å². The van der Waals surface area contributed by atoms with Crippen LogP contribution in [-0.2, 0) is 6.42 Å². The number of para-hydroxylation sites is 2. The van der Waals surface area contributed by atoms with Gasteiger partial charge in [-0.3, -0.25) is 4.98 Å². The third-order valence-electron chi connectivity index (χ3n) is 11.7. The lowest BCUT2D eigenvalue weighted by Crippen LogP contribution is -1.96. The third-order valence-corrected chi connectivity index (χ3v) is 11.7. The lowest BCUT2D eigenvalue weighted by molar-refractivity contribution is 0.546. The first kappa shape index (κ1) is 31.9. The number of fused-ring (bicyclic) bond motifs is 9. The highest BCUT2D eigenvalue weighted by atomic mass is 16.3. The standard InChI is InChI=1S/C53H34N2O2/c1-4-16-48-42(13-1)43-23-24-54-32-49(43)55(48)41-28-39(35-11-7-9-33(25-35)37-19-21-52-46(30-37)44-14-2-5-17-50(44)56-52)27-40(29-41)36-12-8-10-34(26-36)38-20-22-53-47(31-38)45-15-3-6-18-51(45)57-53/h1-5,7-17,19-32H,6,18H2. The Kier molecular flexibility index (Phi) is 7.02. The Hall–Kier alpha value is -7.43. The van der Waals surface area contributed by atoms with Crippen molar-refractivity contribution in [2.75, 3.05) is 0 Å². The van der Waals surface area contributed by atoms with Crippen LogP contribution < -0.4 is 0 Å². The van der Waals surface area contributed by atoms with E-state index in [0.29, 0.717) is 0 Å². The second kappa shape index (κ2) is 12.6. The van der Waals surface area contributed by atoms with Gasteiger partial charge in [-0.1, -0.05) is 97.1 Å². The molecule has 1 aliphatic carbocycles. The molecule has 0 unspecified atom stereocenters. The highest BCUT2D eigenvalue weighted by molar-refractivity contribution is 6.09. The molecule has 0 aliphatic heterocycles. The van der Waals surface area contributed by atoms with Gasteiger partial charge in [-0.15, -0.1) is 0 Å². The Labute approximate surface area is 328 Å². The Morgan fingerprint density at radius 1 is 0.439 bits per heavy atom. The minimum absolute atomic E-state index is 0.900. The summed E-state index contributed by atoms with van der Waals surface area (Å²) in [5.74, 6) is 1.09. The summed E-state index contributed by atoms with van der Waals surface area (Å²) in [4.78, 5) is 4.59. The van der Waals surface area contributed by atoms with Crippen LogP contribution in [-0.4, -0.2) is 9.55 Å². The number of pyridine rings is 1. The summed E-state index contributed by atoms with van der Waals surface area (Å²) in [6.45, 7) is 0. The Bertz CT molecular complexity index is 3380. The van der Waals surface area contributed by atoms with Crippen molar-refractivity contribution in [3.05, 3.63) is 188 Å². The van der Waals surface area contributed by atoms with Crippen LogP contribution in [0.15, 0.2) is 185 Å². The smallest absolute Gasteiger partial charge is 0.135 e. The number of aryl methyl sites for hydroxylation is 1. The first-order chi connectivity index (χ1) is 28.2. The van der Waals surface area contributed by atoms with Gasteiger partial charge in [0.25, 0.3) is 0 Å². The van der Waals surface area contributed by atoms with E-state index in [-0.39, 0.29) is 0 Å². The molecule has 4 heteroatoms. The first-order valence-corrected chi connectivity index (χ1v) is 19.6. The SMILES string of the molecule is C1=Cc2c(oc3ccc(-c4cccc(-c5cc(-c6cccc(-c7ccc8oc9ccccc9c8c7)c6)cc(-n6c7ccccc7c7ccncc76)c5)c4)cc23)CC1. The summed E-state index contributed by atoms with van der Waals surface area (Å²) in [5.41, 5.74) is 16.5. The van der Waals surface area contributed by atoms with E-state index < -0.39 is 0 Å². The maximum absolute atomic E-state index is 6.25. The predicted molar refractivity (Wildman–Crippen MR) is 235 cm³/mol. The van der Waals surface area contributed by atoms with Crippen LogP contribution in [0.3, 0.4) is 0 Å². The van der Waals surface area contributed by atoms with E-state index in [4.69, 9.17) is 8.83 Å². The molecule has 0 N–H and O–H groups in total. The Morgan fingerprint density at radius 2 is 1.04 bits per heavy atom. The Balaban J connectivity index is 1.03. The van der Waals surface area contributed by atoms with Crippen LogP contribution in [0.2, 0.25) is 0 Å². The molecule has 0 saturated carbocycles. The molecule has 11 aromatic rings. The number of allylic oxidation sites excluding steroid dienone is 1. The maximum atomic E-state index is 6.25. The van der Waals surface area contributed by atoms with Crippen molar-refractivity contribution >= 4 is 60.8 Å². The molecule has 4 nitrogen and oxygen atoms in total. The van der Waals surface area contributed by atoms with Gasteiger partial charge >= 0.3 is 0 Å². The van der Waals surface area contributed by atoms with Gasteiger partial charge in [-0.2, -0.15) is 0 Å². The number of aromatic nitrogens is 2. The van der Waals surface area contributed by atoms with Gasteiger partial charge in [0.15, 0.2) is 0 Å². The minimum Gasteiger partial charge on any atom is -0.460 e. The fraction of sp³-hybridized carbons (Fsp3) is 0.0377. The molecular weight excluding hydrogens is 697 g/mol. The van der Waals surface area contributed by atoms with Gasteiger partial charge in [-0.25, -0.2) is 0 Å². The minimum atomic E-state index is 0.900. The number of nitrogens with zero attached hydrogens (tertiary/aromatic N) is 2. The van der Waals surface area contributed by atoms with Crippen LogP contribution in [0.1, 0.15) is 17.7 Å². The number of rotatable bonds is 5. The van der Waals surface area contributed by atoms with Gasteiger partial charge in [-0.05, 0) is 124 Å². The van der Waals surface area contributed by atoms with Gasteiger partial charge in [0.05, 0.1) is 17.2 Å². The molecule has 0 radical (unpaired) electrons. The van der Waals surface area contributed by atoms with Crippen molar-refractivity contribution in [2.45, 2.75) is 12.8 Å². The normalized spacial score (nSPS) is 12.7. The van der Waals surface area contributed by atoms with Crippen molar-refractivity contribution in [1.29, 1.82) is 0 Å². The molecule has 1 aliphatic rings. The van der Waals surface area contributed by atoms with Crippen molar-refractivity contribution in [2.24, 2.45) is 0 Å². The molecule has 0 fully saturated rings. The lowest BCUT2D eigenvalue weighted by atomic mass is 9.93. The number of furan rings is 2. The molecule has 4 aromatic heterocycles. The van der Waals surface area contributed by atoms with Crippen LogP contribution in [0.4, 0.5) is 0 Å². The van der Waals surface area contributed by atoms with Crippen molar-refractivity contribution < 1.29 is 8.83 Å². The van der Waals surface area contributed by atoms with Gasteiger partial charge in [0, 0.05) is 50.8 Å². The average molecular weight is 731 g/mol. The van der Waals surface area contributed by atoms with E-state index in [9.17, 15) is 0 Å². The number of hydrogen-bond donors (Lipinski definition) is 0. The number of benzene rings is 7. The van der Waals surface area contributed by atoms with Crippen LogP contribution in [0.25, 0.3) is 111 Å². The summed E-state index contributed by atoms with van der Waals surface area (Å²) in [7, 11) is 0. The zero-order valence-electron chi connectivity index (χ0n) is 30.9. The molecule has 57 heavy (non-hydrogen) atoms. The molecular formula is C53H34N2O2. The summed E-state index contributed by atoms with van der Waals surface area (Å²) >= 11 is 0. The van der Waals surface area contributed by atoms with Crippen LogP contribution in [0, 0.1) is 0 Å². The van der Waals surface area contributed by atoms with Crippen LogP contribution >= 0.6 is 0 Å². The quantitative estimate of drug-likeness (QED) is 0.177. The fourth-order valence-electron chi connectivity index (χ4n) is 8.96.